The van der Waals surface area contributed by atoms with Crippen molar-refractivity contribution in [3.05, 3.63) is 35.4 Å². The second kappa shape index (κ2) is 7.29. The van der Waals surface area contributed by atoms with Gasteiger partial charge in [-0.05, 0) is 24.6 Å². The average molecular weight is 356 g/mol. The third kappa shape index (κ3) is 4.31. The summed E-state index contributed by atoms with van der Waals surface area (Å²) in [5, 5.41) is 11.8. The topological polar surface area (TPSA) is 122 Å². The lowest BCUT2D eigenvalue weighted by Crippen LogP contribution is -2.55. The van der Waals surface area contributed by atoms with Gasteiger partial charge in [0.2, 0.25) is 10.0 Å². The van der Waals surface area contributed by atoms with Gasteiger partial charge in [0.25, 0.3) is 5.91 Å². The van der Waals surface area contributed by atoms with Gasteiger partial charge >= 0.3 is 5.97 Å². The zero-order chi connectivity index (χ0) is 17.8. The molecule has 8 nitrogen and oxygen atoms in total. The Balaban J connectivity index is 2.02. The van der Waals surface area contributed by atoms with Gasteiger partial charge in [-0.15, -0.1) is 0 Å². The van der Waals surface area contributed by atoms with E-state index in [4.69, 9.17) is 4.74 Å². The summed E-state index contributed by atoms with van der Waals surface area (Å²) in [6, 6.07) is 6.28. The summed E-state index contributed by atoms with van der Waals surface area (Å²) in [5.41, 5.74) is -0.405. The van der Waals surface area contributed by atoms with E-state index in [9.17, 15) is 23.1 Å². The van der Waals surface area contributed by atoms with Gasteiger partial charge in [-0.25, -0.2) is 17.9 Å². The van der Waals surface area contributed by atoms with Crippen LogP contribution in [-0.4, -0.2) is 49.9 Å². The Morgan fingerprint density at radius 1 is 1.29 bits per heavy atom. The summed E-state index contributed by atoms with van der Waals surface area (Å²) < 4.78 is 30.3. The van der Waals surface area contributed by atoms with Crippen LogP contribution in [0.5, 0.6) is 0 Å². The monoisotopic (exact) mass is 356 g/mol. The predicted molar refractivity (Wildman–Crippen MR) is 86.0 cm³/mol. The number of ether oxygens (including phenoxy) is 1. The van der Waals surface area contributed by atoms with Crippen molar-refractivity contribution in [3.63, 3.8) is 0 Å². The number of aliphatic carboxylic acids is 1. The Kier molecular flexibility index (Phi) is 5.58. The lowest BCUT2D eigenvalue weighted by molar-refractivity contribution is -0.144. The van der Waals surface area contributed by atoms with Gasteiger partial charge in [0.1, 0.15) is 0 Å². The van der Waals surface area contributed by atoms with Gasteiger partial charge in [0.15, 0.2) is 5.54 Å². The largest absolute Gasteiger partial charge is 0.479 e. The molecule has 1 amide bonds. The van der Waals surface area contributed by atoms with E-state index in [1.165, 1.54) is 12.1 Å². The van der Waals surface area contributed by atoms with Crippen LogP contribution in [-0.2, 0) is 26.1 Å². The molecule has 1 aliphatic heterocycles. The lowest BCUT2D eigenvalue weighted by Gasteiger charge is -2.23. The van der Waals surface area contributed by atoms with Crippen molar-refractivity contribution < 1.29 is 27.9 Å². The fraction of sp³-hybridized carbons (Fsp3) is 0.467. The fourth-order valence-corrected chi connectivity index (χ4v) is 2.84. The van der Waals surface area contributed by atoms with Gasteiger partial charge in [-0.3, -0.25) is 4.79 Å². The highest BCUT2D eigenvalue weighted by atomic mass is 32.2. The SMILES string of the molecule is CCS(=O)(=O)NCc1ccc(C(=O)NC2(C(=O)O)CCOC2)cc1. The summed E-state index contributed by atoms with van der Waals surface area (Å²) in [7, 11) is -3.29. The van der Waals surface area contributed by atoms with Crippen molar-refractivity contribution in [2.75, 3.05) is 19.0 Å². The molecule has 0 radical (unpaired) electrons. The van der Waals surface area contributed by atoms with Crippen LogP contribution < -0.4 is 10.0 Å². The average Bonchev–Trinajstić information content (AvgIpc) is 3.03. The first kappa shape index (κ1) is 18.4. The van der Waals surface area contributed by atoms with Crippen LogP contribution in [0.1, 0.15) is 29.3 Å². The van der Waals surface area contributed by atoms with Crippen molar-refractivity contribution in [3.8, 4) is 0 Å². The van der Waals surface area contributed by atoms with Crippen molar-refractivity contribution in [2.24, 2.45) is 0 Å². The zero-order valence-corrected chi connectivity index (χ0v) is 14.1. The molecule has 0 aliphatic carbocycles. The molecule has 0 bridgehead atoms. The van der Waals surface area contributed by atoms with E-state index in [-0.39, 0.29) is 31.9 Å². The molecule has 0 aromatic heterocycles. The summed E-state index contributed by atoms with van der Waals surface area (Å²) in [4.78, 5) is 23.6. The summed E-state index contributed by atoms with van der Waals surface area (Å²) in [5.74, 6) is -1.64. The molecule has 1 aliphatic rings. The molecular weight excluding hydrogens is 336 g/mol. The third-order valence-corrected chi connectivity index (χ3v) is 5.22. The van der Waals surface area contributed by atoms with Gasteiger partial charge in [0, 0.05) is 25.1 Å². The normalized spacial score (nSPS) is 20.7. The van der Waals surface area contributed by atoms with Gasteiger partial charge < -0.3 is 15.2 Å². The number of sulfonamides is 1. The van der Waals surface area contributed by atoms with Crippen molar-refractivity contribution in [1.29, 1.82) is 0 Å². The number of hydrogen-bond donors (Lipinski definition) is 3. The predicted octanol–water partition coefficient (Wildman–Crippen LogP) is 0.0994. The van der Waals surface area contributed by atoms with Crippen molar-refractivity contribution in [1.82, 2.24) is 10.0 Å². The van der Waals surface area contributed by atoms with Crippen LogP contribution in [0, 0.1) is 0 Å². The van der Waals surface area contributed by atoms with Gasteiger partial charge in [-0.1, -0.05) is 12.1 Å². The fourth-order valence-electron chi connectivity index (χ4n) is 2.24. The first-order valence-corrected chi connectivity index (χ1v) is 9.13. The molecule has 1 fully saturated rings. The Bertz CT molecular complexity index is 708. The highest BCUT2D eigenvalue weighted by molar-refractivity contribution is 7.89. The van der Waals surface area contributed by atoms with E-state index >= 15 is 0 Å². The Morgan fingerprint density at radius 3 is 2.46 bits per heavy atom. The highest BCUT2D eigenvalue weighted by Gasteiger charge is 2.44. The molecule has 24 heavy (non-hydrogen) atoms. The zero-order valence-electron chi connectivity index (χ0n) is 13.2. The van der Waals surface area contributed by atoms with Crippen LogP contribution in [0.15, 0.2) is 24.3 Å². The molecule has 0 spiro atoms. The number of benzene rings is 1. The molecule has 1 saturated heterocycles. The molecule has 1 heterocycles. The number of carbonyl (C=O) groups excluding carboxylic acids is 1. The number of nitrogens with one attached hydrogen (secondary N) is 2. The number of carboxylic acid groups (broad SMARTS) is 1. The van der Waals surface area contributed by atoms with Crippen molar-refractivity contribution >= 4 is 21.9 Å². The molecule has 1 aromatic carbocycles. The van der Waals surface area contributed by atoms with Crippen LogP contribution in [0.3, 0.4) is 0 Å². The van der Waals surface area contributed by atoms with Crippen LogP contribution >= 0.6 is 0 Å². The van der Waals surface area contributed by atoms with Gasteiger partial charge in [0.05, 0.1) is 12.4 Å². The minimum Gasteiger partial charge on any atom is -0.479 e. The number of hydrogen-bond acceptors (Lipinski definition) is 5. The molecule has 1 atom stereocenters. The summed E-state index contributed by atoms with van der Waals surface area (Å²) >= 11 is 0. The lowest BCUT2D eigenvalue weighted by atomic mass is 9.98. The van der Waals surface area contributed by atoms with Crippen LogP contribution in [0.25, 0.3) is 0 Å². The quantitative estimate of drug-likeness (QED) is 0.637. The number of carbonyl (C=O) groups is 2. The number of rotatable bonds is 7. The Hall–Kier alpha value is -1.97. The second-order valence-electron chi connectivity index (χ2n) is 5.57. The first-order chi connectivity index (χ1) is 11.3. The Morgan fingerprint density at radius 2 is 1.96 bits per heavy atom. The molecular formula is C15H20N2O6S. The molecule has 132 valence electrons. The van der Waals surface area contributed by atoms with E-state index in [1.54, 1.807) is 19.1 Å². The van der Waals surface area contributed by atoms with E-state index in [1.807, 2.05) is 0 Å². The Labute approximate surface area is 140 Å². The number of amides is 1. The maximum absolute atomic E-state index is 12.2. The van der Waals surface area contributed by atoms with E-state index in [0.29, 0.717) is 11.1 Å². The third-order valence-electron chi connectivity index (χ3n) is 3.88. The molecule has 1 aromatic rings. The molecule has 9 heteroatoms. The van der Waals surface area contributed by atoms with Crippen LogP contribution in [0.2, 0.25) is 0 Å². The van der Waals surface area contributed by atoms with Crippen LogP contribution in [0.4, 0.5) is 0 Å². The van der Waals surface area contributed by atoms with E-state index in [0.717, 1.165) is 0 Å². The van der Waals surface area contributed by atoms with Crippen molar-refractivity contribution in [2.45, 2.75) is 25.4 Å². The maximum Gasteiger partial charge on any atom is 0.331 e. The smallest absolute Gasteiger partial charge is 0.331 e. The van der Waals surface area contributed by atoms with E-state index < -0.39 is 27.4 Å². The van der Waals surface area contributed by atoms with Gasteiger partial charge in [-0.2, -0.15) is 0 Å². The minimum atomic E-state index is -3.29. The second-order valence-corrected chi connectivity index (χ2v) is 7.66. The molecule has 2 rings (SSSR count). The highest BCUT2D eigenvalue weighted by Crippen LogP contribution is 2.20. The molecule has 1 unspecified atom stereocenters. The van der Waals surface area contributed by atoms with E-state index in [2.05, 4.69) is 10.0 Å². The molecule has 0 saturated carbocycles. The number of carboxylic acids is 1. The maximum atomic E-state index is 12.2. The first-order valence-electron chi connectivity index (χ1n) is 7.48. The summed E-state index contributed by atoms with van der Waals surface area (Å²) in [6.07, 6.45) is 0.213. The standard InChI is InChI=1S/C15H20N2O6S/c1-2-24(21,22)16-9-11-3-5-12(6-4-11)13(18)17-15(14(19)20)7-8-23-10-15/h3-6,16H,2,7-10H2,1H3,(H,17,18)(H,19,20). The molecule has 3 N–H and O–H groups in total. The minimum absolute atomic E-state index is 0.00711. The summed E-state index contributed by atoms with van der Waals surface area (Å²) in [6.45, 7) is 1.89.